The Kier molecular flexibility index (Phi) is 23.4. The second-order valence-corrected chi connectivity index (χ2v) is 12.7. The van der Waals surface area contributed by atoms with Crippen LogP contribution < -0.4 is 0 Å². The summed E-state index contributed by atoms with van der Waals surface area (Å²) in [5.74, 6) is 6.59. The SMILES string of the molecule is C=C(/C=C(C#N)\C=C/CCC)CCC.C\C=C/C=C(C#CCC)/C(=C/C)C(/C(C)=N/C=C/CC)=C(/C)N1CCN(C(=O)OC(C)(C)C)CC1. The number of hydrogen-bond acceptors (Lipinski definition) is 5. The van der Waals surface area contributed by atoms with Crippen LogP contribution in [0.3, 0.4) is 0 Å². The molecule has 0 aromatic carbocycles. The number of aliphatic imine (C=N–C) groups is 1. The average Bonchev–Trinajstić information content (AvgIpc) is 3.06. The van der Waals surface area contributed by atoms with E-state index in [1.807, 2.05) is 64.3 Å². The molecular formula is C43H64N4O2. The van der Waals surface area contributed by atoms with Crippen LogP contribution in [-0.4, -0.2) is 53.4 Å². The molecule has 6 nitrogen and oxygen atoms in total. The van der Waals surface area contributed by atoms with Crippen molar-refractivity contribution in [3.8, 4) is 17.9 Å². The van der Waals surface area contributed by atoms with Crippen molar-refractivity contribution < 1.29 is 9.53 Å². The van der Waals surface area contributed by atoms with Gasteiger partial charge >= 0.3 is 6.09 Å². The van der Waals surface area contributed by atoms with E-state index in [0.29, 0.717) is 18.7 Å². The van der Waals surface area contributed by atoms with Crippen molar-refractivity contribution in [1.82, 2.24) is 9.80 Å². The highest BCUT2D eigenvalue weighted by atomic mass is 16.6. The van der Waals surface area contributed by atoms with Crippen LogP contribution in [-0.2, 0) is 4.74 Å². The van der Waals surface area contributed by atoms with Gasteiger partial charge in [0.1, 0.15) is 5.60 Å². The zero-order valence-electron chi connectivity index (χ0n) is 32.6. The van der Waals surface area contributed by atoms with Gasteiger partial charge in [-0.3, -0.25) is 4.99 Å². The Morgan fingerprint density at radius 3 is 2.16 bits per heavy atom. The van der Waals surface area contributed by atoms with Crippen molar-refractivity contribution in [2.24, 2.45) is 4.99 Å². The number of unbranched alkanes of at least 4 members (excludes halogenated alkanes) is 1. The van der Waals surface area contributed by atoms with Gasteiger partial charge in [-0.2, -0.15) is 5.26 Å². The Hall–Kier alpha value is -4.29. The van der Waals surface area contributed by atoms with Gasteiger partial charge in [0.25, 0.3) is 0 Å². The molecule has 0 spiro atoms. The zero-order chi connectivity index (χ0) is 37.2. The van der Waals surface area contributed by atoms with E-state index < -0.39 is 5.60 Å². The molecule has 1 heterocycles. The van der Waals surface area contributed by atoms with E-state index in [1.165, 1.54) is 0 Å². The first kappa shape index (κ1) is 44.7. The van der Waals surface area contributed by atoms with Crippen LogP contribution in [0.1, 0.15) is 115 Å². The van der Waals surface area contributed by atoms with Crippen LogP contribution >= 0.6 is 0 Å². The molecule has 49 heavy (non-hydrogen) atoms. The lowest BCUT2D eigenvalue weighted by molar-refractivity contribution is 0.0168. The highest BCUT2D eigenvalue weighted by molar-refractivity contribution is 6.04. The molecular weight excluding hydrogens is 604 g/mol. The number of carbonyl (C=O) groups excluding carboxylic acids is 1. The van der Waals surface area contributed by atoms with Crippen LogP contribution in [0.15, 0.2) is 99.9 Å². The maximum absolute atomic E-state index is 12.5. The minimum Gasteiger partial charge on any atom is -0.444 e. The number of hydrogen-bond donors (Lipinski definition) is 0. The summed E-state index contributed by atoms with van der Waals surface area (Å²) in [5, 5.41) is 8.83. The quantitative estimate of drug-likeness (QED) is 0.0847. The lowest BCUT2D eigenvalue weighted by atomic mass is 9.92. The number of allylic oxidation sites excluding steroid dienone is 14. The molecule has 0 aromatic rings. The number of carbonyl (C=O) groups is 1. The van der Waals surface area contributed by atoms with Crippen LogP contribution in [0.25, 0.3) is 0 Å². The summed E-state index contributed by atoms with van der Waals surface area (Å²) in [6.45, 7) is 28.9. The monoisotopic (exact) mass is 669 g/mol. The summed E-state index contributed by atoms with van der Waals surface area (Å²) < 4.78 is 5.57. The first-order chi connectivity index (χ1) is 23.3. The van der Waals surface area contributed by atoms with Gasteiger partial charge in [0.05, 0.1) is 11.6 Å². The summed E-state index contributed by atoms with van der Waals surface area (Å²) in [7, 11) is 0. The van der Waals surface area contributed by atoms with Crippen molar-refractivity contribution in [1.29, 1.82) is 5.26 Å². The third-order valence-corrected chi connectivity index (χ3v) is 7.25. The molecule has 6 heteroatoms. The first-order valence-electron chi connectivity index (χ1n) is 17.9. The van der Waals surface area contributed by atoms with Crippen molar-refractivity contribution in [2.45, 2.75) is 120 Å². The van der Waals surface area contributed by atoms with Crippen LogP contribution in [0.5, 0.6) is 0 Å². The van der Waals surface area contributed by atoms with Gasteiger partial charge in [-0.25, -0.2) is 4.79 Å². The summed E-state index contributed by atoms with van der Waals surface area (Å²) in [5.41, 5.74) is 6.46. The zero-order valence-corrected chi connectivity index (χ0v) is 32.6. The van der Waals surface area contributed by atoms with Crippen molar-refractivity contribution in [3.05, 3.63) is 94.9 Å². The van der Waals surface area contributed by atoms with E-state index in [9.17, 15) is 4.79 Å². The molecule has 0 aliphatic carbocycles. The molecule has 0 N–H and O–H groups in total. The van der Waals surface area contributed by atoms with E-state index in [4.69, 9.17) is 15.0 Å². The Bertz CT molecular complexity index is 1400. The van der Waals surface area contributed by atoms with Crippen LogP contribution in [0.4, 0.5) is 4.79 Å². The molecule has 1 rings (SSSR count). The second-order valence-electron chi connectivity index (χ2n) is 12.7. The van der Waals surface area contributed by atoms with Gasteiger partial charge in [-0.1, -0.05) is 94.9 Å². The predicted octanol–water partition coefficient (Wildman–Crippen LogP) is 11.2. The fourth-order valence-electron chi connectivity index (χ4n) is 4.81. The third kappa shape index (κ3) is 18.7. The van der Waals surface area contributed by atoms with E-state index in [0.717, 1.165) is 85.3 Å². The standard InChI is InChI=1S/C30H45N3O2.C13H19N/c1-10-14-17-26(18-15-11-2)27(13-4)28(24(5)31-19-16-12-3)25(6)32-20-22-33(23-21-32)29(34)35-30(7,8)9;1-4-6-7-9-13(11-14)10-12(3)8-5-2/h10,13-14,16-17,19H,11-12,20-23H2,1-9H3;7,9-10H,3-6,8H2,1-2H3/b14-10-,19-16+,26-17+,27-13-,28-25-,31-24+;9-7-,13-10+. The average molecular weight is 669 g/mol. The number of nitriles is 1. The summed E-state index contributed by atoms with van der Waals surface area (Å²) in [6.07, 6.45) is 23.6. The van der Waals surface area contributed by atoms with E-state index in [1.54, 1.807) is 4.90 Å². The number of amides is 1. The molecule has 1 amide bonds. The summed E-state index contributed by atoms with van der Waals surface area (Å²) >= 11 is 0. The van der Waals surface area contributed by atoms with E-state index >= 15 is 0 Å². The second kappa shape index (κ2) is 25.7. The normalized spacial score (nSPS) is 15.5. The van der Waals surface area contributed by atoms with E-state index in [-0.39, 0.29) is 6.09 Å². The molecule has 0 unspecified atom stereocenters. The molecule has 0 saturated carbocycles. The van der Waals surface area contributed by atoms with Crippen LogP contribution in [0.2, 0.25) is 0 Å². The van der Waals surface area contributed by atoms with Crippen LogP contribution in [0, 0.1) is 23.2 Å². The first-order valence-corrected chi connectivity index (χ1v) is 17.9. The summed E-state index contributed by atoms with van der Waals surface area (Å²) in [4.78, 5) is 21.4. The lowest BCUT2D eigenvalue weighted by Gasteiger charge is -2.38. The molecule has 1 aliphatic heterocycles. The van der Waals surface area contributed by atoms with Gasteiger partial charge in [0, 0.05) is 61.4 Å². The number of ether oxygens (including phenoxy) is 1. The fraction of sp³-hybridized carbons (Fsp3) is 0.512. The predicted molar refractivity (Wildman–Crippen MR) is 211 cm³/mol. The fourth-order valence-corrected chi connectivity index (χ4v) is 4.81. The Morgan fingerprint density at radius 1 is 1.00 bits per heavy atom. The minimum atomic E-state index is -0.493. The van der Waals surface area contributed by atoms with Gasteiger partial charge in [-0.05, 0) is 91.5 Å². The molecule has 268 valence electrons. The van der Waals surface area contributed by atoms with Gasteiger partial charge in [-0.15, -0.1) is 0 Å². The largest absolute Gasteiger partial charge is 0.444 e. The number of nitrogens with zero attached hydrogens (tertiary/aromatic N) is 4. The van der Waals surface area contributed by atoms with E-state index in [2.05, 4.69) is 96.1 Å². The lowest BCUT2D eigenvalue weighted by Crippen LogP contribution is -2.49. The molecule has 1 fully saturated rings. The summed E-state index contributed by atoms with van der Waals surface area (Å²) in [6, 6.07) is 2.16. The molecule has 0 bridgehead atoms. The molecule has 1 saturated heterocycles. The number of piperazine rings is 1. The smallest absolute Gasteiger partial charge is 0.410 e. The van der Waals surface area contributed by atoms with Crippen molar-refractivity contribution >= 4 is 11.8 Å². The van der Waals surface area contributed by atoms with Crippen molar-refractivity contribution in [2.75, 3.05) is 26.2 Å². The Labute approximate surface area is 300 Å². The topological polar surface area (TPSA) is 68.9 Å². The van der Waals surface area contributed by atoms with Gasteiger partial charge in [0.15, 0.2) is 0 Å². The Balaban J connectivity index is 0.00000138. The molecule has 0 radical (unpaired) electrons. The number of rotatable bonds is 13. The third-order valence-electron chi connectivity index (χ3n) is 7.25. The highest BCUT2D eigenvalue weighted by Crippen LogP contribution is 2.27. The maximum Gasteiger partial charge on any atom is 0.410 e. The molecule has 1 aliphatic rings. The van der Waals surface area contributed by atoms with Gasteiger partial charge < -0.3 is 14.5 Å². The van der Waals surface area contributed by atoms with Gasteiger partial charge in [0.2, 0.25) is 0 Å². The molecule has 0 atom stereocenters. The Morgan fingerprint density at radius 2 is 1.65 bits per heavy atom. The minimum absolute atomic E-state index is 0.248. The highest BCUT2D eigenvalue weighted by Gasteiger charge is 2.27. The van der Waals surface area contributed by atoms with Crippen molar-refractivity contribution in [3.63, 3.8) is 0 Å². The maximum atomic E-state index is 12.5. The molecule has 0 aromatic heterocycles.